The van der Waals surface area contributed by atoms with Crippen LogP contribution in [0.15, 0.2) is 47.0 Å². The molecule has 11 heteroatoms. The maximum absolute atomic E-state index is 12.3. The number of nitro groups is 1. The van der Waals surface area contributed by atoms with Crippen molar-refractivity contribution in [3.8, 4) is 34.3 Å². The van der Waals surface area contributed by atoms with E-state index >= 15 is 0 Å². The number of nitrogens with one attached hydrogen (secondary N) is 2. The molecule has 0 bridgehead atoms. The highest BCUT2D eigenvalue weighted by Gasteiger charge is 2.23. The van der Waals surface area contributed by atoms with Crippen LogP contribution < -0.4 is 15.4 Å². The number of nitrogens with zero attached hydrogens (tertiary/aromatic N) is 2. The fourth-order valence-corrected chi connectivity index (χ4v) is 3.00. The van der Waals surface area contributed by atoms with Crippen LogP contribution in [0.3, 0.4) is 0 Å². The van der Waals surface area contributed by atoms with Crippen LogP contribution >= 0.6 is 0 Å². The van der Waals surface area contributed by atoms with E-state index in [-0.39, 0.29) is 45.7 Å². The topological polar surface area (TPSA) is 160 Å². The summed E-state index contributed by atoms with van der Waals surface area (Å²) in [5, 5.41) is 40.7. The smallest absolute Gasteiger partial charge is 0.273 e. The van der Waals surface area contributed by atoms with Crippen LogP contribution in [-0.2, 0) is 0 Å². The minimum atomic E-state index is -0.544. The van der Waals surface area contributed by atoms with Gasteiger partial charge in [0, 0.05) is 55.9 Å². The fourth-order valence-electron chi connectivity index (χ4n) is 3.00. The van der Waals surface area contributed by atoms with Gasteiger partial charge in [0.1, 0.15) is 28.6 Å². The number of phenolic OH excluding ortho intramolecular Hbond substituents is 2. The summed E-state index contributed by atoms with van der Waals surface area (Å²) in [6.45, 7) is 2.19. The Bertz CT molecular complexity index is 1120. The lowest BCUT2D eigenvalue weighted by Crippen LogP contribution is -2.48. The average Bonchev–Trinajstić information content (AvgIpc) is 3.16. The van der Waals surface area contributed by atoms with Gasteiger partial charge in [-0.3, -0.25) is 14.9 Å². The lowest BCUT2D eigenvalue weighted by Gasteiger charge is -2.26. The van der Waals surface area contributed by atoms with E-state index in [9.17, 15) is 25.1 Å². The summed E-state index contributed by atoms with van der Waals surface area (Å²) in [4.78, 5) is 22.6. The number of hydrogen-bond donors (Lipinski definition) is 4. The third-order valence-corrected chi connectivity index (χ3v) is 4.75. The van der Waals surface area contributed by atoms with Gasteiger partial charge >= 0.3 is 0 Å². The number of carbonyl (C=O) groups excluding carboxylic acids is 1. The van der Waals surface area contributed by atoms with E-state index in [2.05, 4.69) is 15.8 Å². The van der Waals surface area contributed by atoms with Crippen LogP contribution in [0.25, 0.3) is 11.3 Å². The van der Waals surface area contributed by atoms with E-state index in [1.165, 1.54) is 36.4 Å². The molecular weight excluding hydrogens is 408 g/mol. The summed E-state index contributed by atoms with van der Waals surface area (Å²) >= 11 is 0. The number of rotatable bonds is 7. The number of aromatic nitrogens is 1. The second-order valence-electron chi connectivity index (χ2n) is 7.00. The number of hydrogen-bond acceptors (Lipinski definition) is 9. The van der Waals surface area contributed by atoms with Gasteiger partial charge in [-0.15, -0.1) is 0 Å². The number of benzene rings is 2. The second-order valence-corrected chi connectivity index (χ2v) is 7.00. The molecule has 1 amide bonds. The zero-order chi connectivity index (χ0) is 22.0. The van der Waals surface area contributed by atoms with E-state index < -0.39 is 10.8 Å². The molecule has 1 aliphatic rings. The number of phenols is 2. The molecule has 0 spiro atoms. The average molecular weight is 426 g/mol. The van der Waals surface area contributed by atoms with Gasteiger partial charge in [0.25, 0.3) is 11.6 Å². The standard InChI is InChI=1S/C20H18N4O7/c25-13-5-16(26)19(17(6-13)30-14-3-1-12(2-4-14)24(28)29)18-7-15(23-31-18)20(27)22-10-11-8-21-9-11/h1-7,11,21,25-26H,8-10H2,(H,22,27). The normalized spacial score (nSPS) is 13.4. The first kappa shape index (κ1) is 20.2. The maximum Gasteiger partial charge on any atom is 0.273 e. The lowest BCUT2D eigenvalue weighted by atomic mass is 10.0. The fraction of sp³-hybridized carbons (Fsp3) is 0.200. The van der Waals surface area contributed by atoms with Gasteiger partial charge in [0.2, 0.25) is 0 Å². The molecule has 31 heavy (non-hydrogen) atoms. The summed E-state index contributed by atoms with van der Waals surface area (Å²) in [6.07, 6.45) is 0. The second kappa shape index (κ2) is 8.32. The van der Waals surface area contributed by atoms with E-state index in [1.807, 2.05) is 0 Å². The quantitative estimate of drug-likeness (QED) is 0.328. The molecule has 4 rings (SSSR count). The minimum Gasteiger partial charge on any atom is -0.508 e. The zero-order valence-electron chi connectivity index (χ0n) is 16.1. The molecule has 1 aromatic heterocycles. The van der Waals surface area contributed by atoms with Gasteiger partial charge in [-0.2, -0.15) is 0 Å². The predicted octanol–water partition coefficient (Wildman–Crippen LogP) is 2.40. The predicted molar refractivity (Wildman–Crippen MR) is 107 cm³/mol. The minimum absolute atomic E-state index is 0.00926. The van der Waals surface area contributed by atoms with Crippen molar-refractivity contribution in [2.24, 2.45) is 5.92 Å². The molecule has 1 saturated heterocycles. The van der Waals surface area contributed by atoms with E-state index in [4.69, 9.17) is 9.26 Å². The monoisotopic (exact) mass is 426 g/mol. The highest BCUT2D eigenvalue weighted by molar-refractivity contribution is 5.93. The van der Waals surface area contributed by atoms with Crippen molar-refractivity contribution in [2.45, 2.75) is 0 Å². The highest BCUT2D eigenvalue weighted by Crippen LogP contribution is 2.43. The van der Waals surface area contributed by atoms with Crippen LogP contribution in [0.2, 0.25) is 0 Å². The van der Waals surface area contributed by atoms with Crippen molar-refractivity contribution in [1.29, 1.82) is 0 Å². The lowest BCUT2D eigenvalue weighted by molar-refractivity contribution is -0.384. The van der Waals surface area contributed by atoms with Crippen LogP contribution in [0, 0.1) is 16.0 Å². The number of ether oxygens (including phenoxy) is 1. The molecule has 11 nitrogen and oxygen atoms in total. The first-order chi connectivity index (χ1) is 14.9. The SMILES string of the molecule is O=C(NCC1CNC1)c1cc(-c2c(O)cc(O)cc2Oc2ccc([N+](=O)[O-])cc2)on1. The Kier molecular flexibility index (Phi) is 5.41. The first-order valence-corrected chi connectivity index (χ1v) is 9.35. The van der Waals surface area contributed by atoms with Gasteiger partial charge in [-0.05, 0) is 12.1 Å². The first-order valence-electron chi connectivity index (χ1n) is 9.35. The van der Waals surface area contributed by atoms with Gasteiger partial charge in [0.15, 0.2) is 11.5 Å². The number of nitro benzene ring substituents is 1. The molecular formula is C20H18N4O7. The zero-order valence-corrected chi connectivity index (χ0v) is 16.1. The number of carbonyl (C=O) groups is 1. The molecule has 0 radical (unpaired) electrons. The molecule has 160 valence electrons. The van der Waals surface area contributed by atoms with Crippen molar-refractivity contribution in [2.75, 3.05) is 19.6 Å². The number of non-ortho nitro benzene ring substituents is 1. The summed E-state index contributed by atoms with van der Waals surface area (Å²) in [6, 6.07) is 8.93. The van der Waals surface area contributed by atoms with Crippen molar-refractivity contribution in [3.05, 3.63) is 58.3 Å². The molecule has 2 aromatic carbocycles. The Morgan fingerprint density at radius 1 is 1.26 bits per heavy atom. The number of aromatic hydroxyl groups is 2. The summed E-state index contributed by atoms with van der Waals surface area (Å²) in [5.41, 5.74) is -0.0307. The summed E-state index contributed by atoms with van der Waals surface area (Å²) < 4.78 is 10.9. The molecule has 1 aliphatic heterocycles. The largest absolute Gasteiger partial charge is 0.508 e. The maximum atomic E-state index is 12.3. The molecule has 4 N–H and O–H groups in total. The molecule has 2 heterocycles. The Hall–Kier alpha value is -4.12. The van der Waals surface area contributed by atoms with Crippen molar-refractivity contribution in [1.82, 2.24) is 15.8 Å². The van der Waals surface area contributed by atoms with Gasteiger partial charge in [-0.25, -0.2) is 0 Å². The van der Waals surface area contributed by atoms with Crippen LogP contribution in [0.5, 0.6) is 23.0 Å². The third kappa shape index (κ3) is 4.41. The van der Waals surface area contributed by atoms with Gasteiger partial charge in [-0.1, -0.05) is 5.16 Å². The van der Waals surface area contributed by atoms with Gasteiger partial charge in [0.05, 0.1) is 4.92 Å². The molecule has 0 saturated carbocycles. The molecule has 0 atom stereocenters. The van der Waals surface area contributed by atoms with Crippen molar-refractivity contribution >= 4 is 11.6 Å². The van der Waals surface area contributed by atoms with E-state index in [0.717, 1.165) is 19.2 Å². The Labute approximate surface area is 175 Å². The Balaban J connectivity index is 1.58. The molecule has 0 aliphatic carbocycles. The Morgan fingerprint density at radius 2 is 2.00 bits per heavy atom. The Morgan fingerprint density at radius 3 is 2.65 bits per heavy atom. The van der Waals surface area contributed by atoms with Crippen LogP contribution in [0.4, 0.5) is 5.69 Å². The van der Waals surface area contributed by atoms with Crippen LogP contribution in [0.1, 0.15) is 10.5 Å². The molecule has 1 fully saturated rings. The summed E-state index contributed by atoms with van der Waals surface area (Å²) in [7, 11) is 0. The van der Waals surface area contributed by atoms with Crippen molar-refractivity contribution < 1.29 is 29.2 Å². The summed E-state index contributed by atoms with van der Waals surface area (Å²) in [5.74, 6) is -0.398. The highest BCUT2D eigenvalue weighted by atomic mass is 16.6. The molecule has 0 unspecified atom stereocenters. The van der Waals surface area contributed by atoms with Crippen LogP contribution in [-0.4, -0.2) is 45.8 Å². The third-order valence-electron chi connectivity index (χ3n) is 4.75. The molecule has 3 aromatic rings. The number of amides is 1. The van der Waals surface area contributed by atoms with E-state index in [1.54, 1.807) is 0 Å². The van der Waals surface area contributed by atoms with Crippen molar-refractivity contribution in [3.63, 3.8) is 0 Å². The van der Waals surface area contributed by atoms with Gasteiger partial charge < -0.3 is 30.1 Å². The van der Waals surface area contributed by atoms with E-state index in [0.29, 0.717) is 12.5 Å².